The third-order valence-corrected chi connectivity index (χ3v) is 6.15. The Morgan fingerprint density at radius 3 is 2.08 bits per heavy atom. The number of esters is 1. The maximum absolute atomic E-state index is 12.9. The highest BCUT2D eigenvalue weighted by Crippen LogP contribution is 2.31. The molecule has 2 unspecified atom stereocenters. The molecule has 0 bridgehead atoms. The topological polar surface area (TPSA) is 142 Å². The summed E-state index contributed by atoms with van der Waals surface area (Å²) in [6.45, 7) is 1.40. The van der Waals surface area contributed by atoms with E-state index < -0.39 is 41.6 Å². The van der Waals surface area contributed by atoms with Gasteiger partial charge in [0.1, 0.15) is 6.04 Å². The van der Waals surface area contributed by atoms with Gasteiger partial charge >= 0.3 is 24.1 Å². The molecule has 0 radical (unpaired) electrons. The van der Waals surface area contributed by atoms with Gasteiger partial charge in [0, 0.05) is 27.6 Å². The summed E-state index contributed by atoms with van der Waals surface area (Å²) >= 11 is 12.9. The minimum absolute atomic E-state index is 0.270. The number of carboxylic acid groups (broad SMARTS) is 1. The Balaban J connectivity index is 0.000000638. The molecule has 0 saturated carbocycles. The summed E-state index contributed by atoms with van der Waals surface area (Å²) in [7, 11) is 0. The molecule has 16 heteroatoms. The number of carbonyl (C=O) groups excluding carboxylic acids is 3. The van der Waals surface area contributed by atoms with E-state index >= 15 is 0 Å². The van der Waals surface area contributed by atoms with Gasteiger partial charge in [-0.2, -0.15) is 13.2 Å². The van der Waals surface area contributed by atoms with Crippen LogP contribution in [0.15, 0.2) is 48.5 Å². The first-order valence-electron chi connectivity index (χ1n) is 10.5. The Bertz CT molecular complexity index is 1150. The van der Waals surface area contributed by atoms with Gasteiger partial charge in [0.2, 0.25) is 0 Å². The minimum atomic E-state index is -5.08. The van der Waals surface area contributed by atoms with Gasteiger partial charge in [0.05, 0.1) is 6.54 Å². The number of benzene rings is 2. The van der Waals surface area contributed by atoms with Crippen LogP contribution in [0, 0.1) is 0 Å². The molecule has 1 fully saturated rings. The number of nitrogens with zero attached hydrogens (tertiary/aromatic N) is 2. The van der Waals surface area contributed by atoms with E-state index in [-0.39, 0.29) is 13.3 Å². The van der Waals surface area contributed by atoms with Crippen LogP contribution in [0.5, 0.6) is 0 Å². The van der Waals surface area contributed by atoms with Crippen molar-refractivity contribution in [2.24, 2.45) is 5.73 Å². The summed E-state index contributed by atoms with van der Waals surface area (Å²) in [5, 5.41) is 11.0. The van der Waals surface area contributed by atoms with Crippen molar-refractivity contribution in [2.45, 2.75) is 31.2 Å². The first-order valence-corrected chi connectivity index (χ1v) is 12.1. The fourth-order valence-corrected chi connectivity index (χ4v) is 3.95. The van der Waals surface area contributed by atoms with Crippen LogP contribution in [-0.2, 0) is 20.9 Å². The van der Waals surface area contributed by atoms with Crippen LogP contribution in [0.2, 0.25) is 10.0 Å². The second-order valence-corrected chi connectivity index (χ2v) is 9.51. The lowest BCUT2D eigenvalue weighted by Crippen LogP contribution is -2.46. The number of rotatable bonds is 7. The van der Waals surface area contributed by atoms with E-state index in [0.717, 1.165) is 17.5 Å². The number of alkyl halides is 3. The van der Waals surface area contributed by atoms with Crippen molar-refractivity contribution in [1.29, 1.82) is 0 Å². The van der Waals surface area contributed by atoms with Gasteiger partial charge in [0.15, 0.2) is 12.2 Å². The second-order valence-electron chi connectivity index (χ2n) is 7.54. The molecule has 4 N–H and O–H groups in total. The molecule has 38 heavy (non-hydrogen) atoms. The Morgan fingerprint density at radius 2 is 1.61 bits per heavy atom. The highest BCUT2D eigenvalue weighted by Gasteiger charge is 2.40. The van der Waals surface area contributed by atoms with Crippen molar-refractivity contribution in [3.63, 3.8) is 0 Å². The molecular formula is C22H21Cl2F3N4O6S. The van der Waals surface area contributed by atoms with Crippen LogP contribution >= 0.6 is 35.1 Å². The lowest BCUT2D eigenvalue weighted by atomic mass is 10.2. The Labute approximate surface area is 228 Å². The predicted molar refractivity (Wildman–Crippen MR) is 133 cm³/mol. The molecule has 1 saturated heterocycles. The second kappa shape index (κ2) is 13.6. The number of ether oxygens (including phenoxy) is 1. The number of urea groups is 1. The van der Waals surface area contributed by atoms with Crippen LogP contribution in [0.1, 0.15) is 22.8 Å². The van der Waals surface area contributed by atoms with Gasteiger partial charge in [-0.15, -0.1) is 0 Å². The van der Waals surface area contributed by atoms with Crippen molar-refractivity contribution in [3.05, 3.63) is 69.7 Å². The number of hydrogen-bond donors (Lipinski definition) is 3. The maximum Gasteiger partial charge on any atom is 0.490 e. The number of amides is 3. The zero-order valence-electron chi connectivity index (χ0n) is 19.4. The van der Waals surface area contributed by atoms with Crippen molar-refractivity contribution >= 4 is 59.0 Å². The van der Waals surface area contributed by atoms with Gasteiger partial charge in [-0.3, -0.25) is 18.8 Å². The molecule has 2 aromatic carbocycles. The number of hydrogen-bond acceptors (Lipinski definition) is 7. The van der Waals surface area contributed by atoms with Gasteiger partial charge in [0.25, 0.3) is 5.91 Å². The zero-order valence-corrected chi connectivity index (χ0v) is 21.8. The van der Waals surface area contributed by atoms with Gasteiger partial charge < -0.3 is 20.9 Å². The van der Waals surface area contributed by atoms with Crippen LogP contribution in [0.25, 0.3) is 0 Å². The molecule has 0 aromatic heterocycles. The fourth-order valence-electron chi connectivity index (χ4n) is 2.62. The molecule has 206 valence electrons. The normalized spacial score (nSPS) is 15.9. The van der Waals surface area contributed by atoms with Gasteiger partial charge in [-0.25, -0.2) is 9.59 Å². The summed E-state index contributed by atoms with van der Waals surface area (Å²) in [6, 6.07) is 12.1. The molecular weight excluding hydrogens is 576 g/mol. The van der Waals surface area contributed by atoms with E-state index in [0.29, 0.717) is 15.6 Å². The van der Waals surface area contributed by atoms with Crippen LogP contribution < -0.4 is 11.1 Å². The zero-order chi connectivity index (χ0) is 28.6. The van der Waals surface area contributed by atoms with Crippen LogP contribution in [0.3, 0.4) is 0 Å². The van der Waals surface area contributed by atoms with E-state index in [1.165, 1.54) is 16.1 Å². The summed E-state index contributed by atoms with van der Waals surface area (Å²) in [6.07, 6.45) is -5.08. The summed E-state index contributed by atoms with van der Waals surface area (Å²) in [4.78, 5) is 47.5. The average Bonchev–Trinajstić information content (AvgIpc) is 3.12. The molecule has 1 aliphatic rings. The number of nitrogens with one attached hydrogen (secondary N) is 1. The van der Waals surface area contributed by atoms with E-state index in [1.807, 2.05) is 0 Å². The SMILES string of the molecule is CC(N)C(=O)OCN1C(=O)N(Cc2ccc(Cl)cc2)SC1NC(=O)c1ccc(Cl)cc1.O=C(O)C(F)(F)F. The molecule has 3 amide bonds. The lowest BCUT2D eigenvalue weighted by Gasteiger charge is -2.22. The fraction of sp³-hybridized carbons (Fsp3) is 0.273. The van der Waals surface area contributed by atoms with E-state index in [1.54, 1.807) is 48.5 Å². The lowest BCUT2D eigenvalue weighted by molar-refractivity contribution is -0.192. The van der Waals surface area contributed by atoms with Crippen molar-refractivity contribution in [3.8, 4) is 0 Å². The van der Waals surface area contributed by atoms with E-state index in [9.17, 15) is 27.6 Å². The Hall–Kier alpha value is -3.20. The number of carboxylic acids is 1. The minimum Gasteiger partial charge on any atom is -0.475 e. The molecule has 2 aromatic rings. The van der Waals surface area contributed by atoms with E-state index in [2.05, 4.69) is 5.32 Å². The van der Waals surface area contributed by atoms with Crippen molar-refractivity contribution in [1.82, 2.24) is 14.5 Å². The third kappa shape index (κ3) is 9.28. The Kier molecular flexibility index (Phi) is 11.1. The maximum atomic E-state index is 12.9. The average molecular weight is 597 g/mol. The molecule has 1 heterocycles. The first kappa shape index (κ1) is 31.0. The number of carbonyl (C=O) groups is 4. The van der Waals surface area contributed by atoms with Crippen LogP contribution in [-0.4, -0.2) is 62.6 Å². The molecule has 2 atom stereocenters. The third-order valence-electron chi connectivity index (χ3n) is 4.53. The molecule has 10 nitrogen and oxygen atoms in total. The quantitative estimate of drug-likeness (QED) is 0.320. The van der Waals surface area contributed by atoms with E-state index in [4.69, 9.17) is 43.6 Å². The number of halogens is 5. The van der Waals surface area contributed by atoms with Crippen molar-refractivity contribution in [2.75, 3.05) is 6.73 Å². The van der Waals surface area contributed by atoms with Crippen LogP contribution in [0.4, 0.5) is 18.0 Å². The summed E-state index contributed by atoms with van der Waals surface area (Å²) < 4.78 is 38.3. The molecule has 0 aliphatic carbocycles. The van der Waals surface area contributed by atoms with Gasteiger partial charge in [-0.1, -0.05) is 35.3 Å². The number of aliphatic carboxylic acids is 1. The molecule has 3 rings (SSSR count). The first-order chi connectivity index (χ1) is 17.7. The predicted octanol–water partition coefficient (Wildman–Crippen LogP) is 4.07. The largest absolute Gasteiger partial charge is 0.490 e. The molecule has 1 aliphatic heterocycles. The monoisotopic (exact) mass is 596 g/mol. The van der Waals surface area contributed by atoms with Crippen molar-refractivity contribution < 1.29 is 42.2 Å². The molecule has 0 spiro atoms. The highest BCUT2D eigenvalue weighted by molar-refractivity contribution is 7.98. The van der Waals surface area contributed by atoms with Gasteiger partial charge in [-0.05, 0) is 48.9 Å². The Morgan fingerprint density at radius 1 is 1.11 bits per heavy atom. The smallest absolute Gasteiger partial charge is 0.475 e. The summed E-state index contributed by atoms with van der Waals surface area (Å²) in [5.74, 6) is -3.82. The highest BCUT2D eigenvalue weighted by atomic mass is 35.5. The standard InChI is InChI=1S/C20H20Cl2N4O4S.C2HF3O2/c1-12(23)18(28)30-11-25-19(24-17(27)14-4-8-16(22)9-5-14)31-26(20(25)29)10-13-2-6-15(21)7-3-13;3-2(4,5)1(6)7/h2-9,12,19H,10-11,23H2,1H3,(H,24,27);(H,6,7). The summed E-state index contributed by atoms with van der Waals surface area (Å²) in [5.41, 5.74) is 5.95. The number of nitrogens with two attached hydrogens (primary N) is 1.